The van der Waals surface area contributed by atoms with Crippen molar-refractivity contribution >= 4 is 0 Å². The van der Waals surface area contributed by atoms with Crippen molar-refractivity contribution in [3.63, 3.8) is 0 Å². The Bertz CT molecular complexity index is 248. The molecular weight excluding hydrogens is 150 g/mol. The third-order valence-electron chi connectivity index (χ3n) is 2.77. The van der Waals surface area contributed by atoms with E-state index < -0.39 is 0 Å². The van der Waals surface area contributed by atoms with Gasteiger partial charge in [-0.3, -0.25) is 4.68 Å². The highest BCUT2D eigenvalue weighted by atomic mass is 15.4. The van der Waals surface area contributed by atoms with E-state index in [9.17, 15) is 0 Å². The molecule has 0 bridgehead atoms. The highest BCUT2D eigenvalue weighted by molar-refractivity contribution is 5.03. The zero-order chi connectivity index (χ0) is 8.39. The molecule has 0 atom stereocenters. The molecule has 66 valence electrons. The van der Waals surface area contributed by atoms with Crippen molar-refractivity contribution in [2.45, 2.75) is 38.0 Å². The van der Waals surface area contributed by atoms with E-state index in [-0.39, 0.29) is 0 Å². The van der Waals surface area contributed by atoms with Gasteiger partial charge in [-0.2, -0.15) is 0 Å². The van der Waals surface area contributed by atoms with Crippen LogP contribution in [0.25, 0.3) is 0 Å². The fourth-order valence-corrected chi connectivity index (χ4v) is 2.07. The molecule has 12 heavy (non-hydrogen) atoms. The van der Waals surface area contributed by atoms with E-state index in [2.05, 4.69) is 10.3 Å². The first-order valence-corrected chi connectivity index (χ1v) is 4.72. The van der Waals surface area contributed by atoms with E-state index in [0.29, 0.717) is 0 Å². The molecule has 1 fully saturated rings. The second-order valence-corrected chi connectivity index (χ2v) is 3.62. The Morgan fingerprint density at radius 2 is 2.08 bits per heavy atom. The van der Waals surface area contributed by atoms with Gasteiger partial charge < -0.3 is 0 Å². The van der Waals surface area contributed by atoms with Gasteiger partial charge in [0, 0.05) is 13.0 Å². The van der Waals surface area contributed by atoms with Crippen molar-refractivity contribution in [3.05, 3.63) is 11.9 Å². The molecule has 3 heteroatoms. The molecule has 0 radical (unpaired) electrons. The molecule has 1 aliphatic rings. The molecule has 2 rings (SSSR count). The summed E-state index contributed by atoms with van der Waals surface area (Å²) in [5, 5.41) is 7.87. The lowest BCUT2D eigenvalue weighted by Gasteiger charge is -2.20. The first kappa shape index (κ1) is 7.77. The minimum Gasteiger partial charge on any atom is -0.252 e. The van der Waals surface area contributed by atoms with Gasteiger partial charge in [-0.15, -0.1) is 5.10 Å². The van der Waals surface area contributed by atoms with Crippen LogP contribution >= 0.6 is 0 Å². The van der Waals surface area contributed by atoms with Gasteiger partial charge in [-0.05, 0) is 12.8 Å². The predicted octanol–water partition coefficient (Wildman–Crippen LogP) is 1.86. The van der Waals surface area contributed by atoms with E-state index in [1.165, 1.54) is 37.8 Å². The summed E-state index contributed by atoms with van der Waals surface area (Å²) >= 11 is 0. The monoisotopic (exact) mass is 165 g/mol. The van der Waals surface area contributed by atoms with Gasteiger partial charge in [0.1, 0.15) is 0 Å². The maximum Gasteiger partial charge on any atom is 0.0727 e. The van der Waals surface area contributed by atoms with E-state index in [0.717, 1.165) is 5.92 Å². The third kappa shape index (κ3) is 1.36. The van der Waals surface area contributed by atoms with Crippen molar-refractivity contribution in [2.75, 3.05) is 0 Å². The molecule has 0 spiro atoms. The van der Waals surface area contributed by atoms with Crippen LogP contribution in [0.4, 0.5) is 0 Å². The van der Waals surface area contributed by atoms with Crippen LogP contribution in [0.1, 0.15) is 43.7 Å². The molecule has 0 aromatic carbocycles. The summed E-state index contributed by atoms with van der Waals surface area (Å²) in [5.74, 6) is 0.721. The van der Waals surface area contributed by atoms with Crippen LogP contribution < -0.4 is 0 Å². The second-order valence-electron chi connectivity index (χ2n) is 3.62. The van der Waals surface area contributed by atoms with Gasteiger partial charge in [0.25, 0.3) is 0 Å². The van der Waals surface area contributed by atoms with Gasteiger partial charge in [-0.1, -0.05) is 24.5 Å². The van der Waals surface area contributed by atoms with Crippen molar-refractivity contribution in [1.82, 2.24) is 15.0 Å². The average molecular weight is 165 g/mol. The molecule has 1 aliphatic carbocycles. The lowest BCUT2D eigenvalue weighted by atomic mass is 9.87. The summed E-state index contributed by atoms with van der Waals surface area (Å²) in [5.41, 5.74) is 1.31. The van der Waals surface area contributed by atoms with E-state index in [4.69, 9.17) is 0 Å². The van der Waals surface area contributed by atoms with Gasteiger partial charge in [0.2, 0.25) is 0 Å². The number of rotatable bonds is 1. The molecule has 1 aromatic heterocycles. The zero-order valence-corrected chi connectivity index (χ0v) is 7.53. The first-order valence-electron chi connectivity index (χ1n) is 4.72. The van der Waals surface area contributed by atoms with E-state index in [1.807, 2.05) is 17.9 Å². The lowest BCUT2D eigenvalue weighted by Crippen LogP contribution is -2.09. The molecule has 3 nitrogen and oxygen atoms in total. The number of hydrogen-bond donors (Lipinski definition) is 0. The summed E-state index contributed by atoms with van der Waals surface area (Å²) in [6, 6.07) is 0. The Balaban J connectivity index is 2.13. The molecule has 1 heterocycles. The first-order chi connectivity index (χ1) is 5.88. The Kier molecular flexibility index (Phi) is 2.11. The van der Waals surface area contributed by atoms with Crippen molar-refractivity contribution < 1.29 is 0 Å². The van der Waals surface area contributed by atoms with Crippen LogP contribution in [-0.4, -0.2) is 15.0 Å². The summed E-state index contributed by atoms with van der Waals surface area (Å²) in [6.07, 6.45) is 8.70. The fourth-order valence-electron chi connectivity index (χ4n) is 2.07. The Labute approximate surface area is 72.8 Å². The smallest absolute Gasteiger partial charge is 0.0727 e. The Morgan fingerprint density at radius 3 is 2.67 bits per heavy atom. The molecule has 0 saturated heterocycles. The van der Waals surface area contributed by atoms with Crippen molar-refractivity contribution in [3.8, 4) is 0 Å². The summed E-state index contributed by atoms with van der Waals surface area (Å²) in [4.78, 5) is 0. The highest BCUT2D eigenvalue weighted by Gasteiger charge is 2.18. The lowest BCUT2D eigenvalue weighted by molar-refractivity contribution is 0.424. The molecular formula is C9H15N3. The number of hydrogen-bond acceptors (Lipinski definition) is 2. The zero-order valence-electron chi connectivity index (χ0n) is 7.53. The fraction of sp³-hybridized carbons (Fsp3) is 0.778. The normalized spacial score (nSPS) is 19.8. The number of aryl methyl sites for hydroxylation is 1. The molecule has 1 saturated carbocycles. The minimum absolute atomic E-state index is 0.721. The third-order valence-corrected chi connectivity index (χ3v) is 2.77. The van der Waals surface area contributed by atoms with E-state index in [1.54, 1.807) is 0 Å². The number of nitrogens with zero attached hydrogens (tertiary/aromatic N) is 3. The van der Waals surface area contributed by atoms with Crippen LogP contribution in [0, 0.1) is 0 Å². The topological polar surface area (TPSA) is 30.7 Å². The maximum absolute atomic E-state index is 3.96. The summed E-state index contributed by atoms with van der Waals surface area (Å²) < 4.78 is 1.91. The molecule has 0 N–H and O–H groups in total. The maximum atomic E-state index is 3.96. The van der Waals surface area contributed by atoms with Crippen LogP contribution in [0.3, 0.4) is 0 Å². The molecule has 0 unspecified atom stereocenters. The molecule has 0 amide bonds. The Hall–Kier alpha value is -0.860. The van der Waals surface area contributed by atoms with Gasteiger partial charge in [-0.25, -0.2) is 0 Å². The molecule has 1 aromatic rings. The summed E-state index contributed by atoms with van der Waals surface area (Å²) in [7, 11) is 1.98. The van der Waals surface area contributed by atoms with Crippen LogP contribution in [-0.2, 0) is 7.05 Å². The second kappa shape index (κ2) is 3.25. The molecule has 0 aliphatic heterocycles. The minimum atomic E-state index is 0.721. The van der Waals surface area contributed by atoms with Crippen molar-refractivity contribution in [1.29, 1.82) is 0 Å². The van der Waals surface area contributed by atoms with Crippen molar-refractivity contribution in [2.24, 2.45) is 7.05 Å². The predicted molar refractivity (Wildman–Crippen MR) is 46.8 cm³/mol. The van der Waals surface area contributed by atoms with Crippen LogP contribution in [0.5, 0.6) is 0 Å². The highest BCUT2D eigenvalue weighted by Crippen LogP contribution is 2.31. The number of aromatic nitrogens is 3. The van der Waals surface area contributed by atoms with Crippen LogP contribution in [0.15, 0.2) is 6.20 Å². The quantitative estimate of drug-likeness (QED) is 0.636. The average Bonchev–Trinajstić information content (AvgIpc) is 2.53. The van der Waals surface area contributed by atoms with E-state index >= 15 is 0 Å². The SMILES string of the molecule is Cn1nncc1C1CCCCC1. The van der Waals surface area contributed by atoms with Crippen LogP contribution in [0.2, 0.25) is 0 Å². The van der Waals surface area contributed by atoms with Gasteiger partial charge >= 0.3 is 0 Å². The van der Waals surface area contributed by atoms with Gasteiger partial charge in [0.05, 0.1) is 11.9 Å². The Morgan fingerprint density at radius 1 is 1.33 bits per heavy atom. The van der Waals surface area contributed by atoms with Gasteiger partial charge in [0.15, 0.2) is 0 Å². The summed E-state index contributed by atoms with van der Waals surface area (Å²) in [6.45, 7) is 0. The standard InChI is InChI=1S/C9H15N3/c1-12-9(7-10-11-12)8-5-3-2-4-6-8/h7-8H,2-6H2,1H3. The largest absolute Gasteiger partial charge is 0.252 e.